The van der Waals surface area contributed by atoms with Gasteiger partial charge in [0, 0.05) is 12.8 Å². The molecule has 0 fully saturated rings. The maximum atomic E-state index is 5.97. The van der Waals surface area contributed by atoms with Crippen LogP contribution in [0.1, 0.15) is 30.9 Å². The lowest BCUT2D eigenvalue weighted by Crippen LogP contribution is -3.00. The molecule has 3 nitrogen and oxygen atoms in total. The highest BCUT2D eigenvalue weighted by atomic mass is 35.5. The lowest BCUT2D eigenvalue weighted by molar-refractivity contribution is -0.420. The Kier molecular flexibility index (Phi) is 9.28. The predicted octanol–water partition coefficient (Wildman–Crippen LogP) is 0.274. The van der Waals surface area contributed by atoms with E-state index in [-0.39, 0.29) is 12.4 Å². The Morgan fingerprint density at radius 2 is 1.75 bits per heavy atom. The number of ether oxygens (including phenoxy) is 2. The molecule has 4 heteroatoms. The molecule has 0 amide bonds. The van der Waals surface area contributed by atoms with Gasteiger partial charge in [0.05, 0.1) is 19.8 Å². The molecule has 132 valence electrons. The van der Waals surface area contributed by atoms with Crippen molar-refractivity contribution < 1.29 is 27.6 Å². The first-order chi connectivity index (χ1) is 11.2. The van der Waals surface area contributed by atoms with Crippen LogP contribution in [-0.2, 0) is 12.8 Å². The van der Waals surface area contributed by atoms with Crippen molar-refractivity contribution in [2.75, 3.05) is 13.7 Å². The Hall–Kier alpha value is -1.71. The summed E-state index contributed by atoms with van der Waals surface area (Å²) in [5.74, 6) is 1.61. The number of methoxy groups -OCH3 is 1. The van der Waals surface area contributed by atoms with E-state index in [4.69, 9.17) is 9.47 Å². The van der Waals surface area contributed by atoms with Crippen molar-refractivity contribution in [3.8, 4) is 11.5 Å². The van der Waals surface area contributed by atoms with Gasteiger partial charge >= 0.3 is 0 Å². The van der Waals surface area contributed by atoms with E-state index in [2.05, 4.69) is 49.1 Å². The van der Waals surface area contributed by atoms with Crippen molar-refractivity contribution in [2.24, 2.45) is 0 Å². The van der Waals surface area contributed by atoms with Crippen LogP contribution >= 0.6 is 0 Å². The molecular weight excluding hydrogens is 322 g/mol. The van der Waals surface area contributed by atoms with Crippen LogP contribution in [-0.4, -0.2) is 19.8 Å². The molecule has 0 spiro atoms. The van der Waals surface area contributed by atoms with Crippen LogP contribution in [0, 0.1) is 0 Å². The number of benzene rings is 2. The van der Waals surface area contributed by atoms with Gasteiger partial charge in [-0.1, -0.05) is 49.7 Å². The second-order valence-corrected chi connectivity index (χ2v) is 5.93. The molecule has 0 heterocycles. The fraction of sp³-hybridized carbons (Fsp3) is 0.400. The summed E-state index contributed by atoms with van der Waals surface area (Å²) in [6.45, 7) is 2.84. The van der Waals surface area contributed by atoms with Crippen LogP contribution in [0.2, 0.25) is 0 Å². The summed E-state index contributed by atoms with van der Waals surface area (Å²) in [5, 5.41) is 0. The SMILES string of the molecule is CCCC([NH3+])Cc1ccc(OC)c(OCCc2ccccc2)c1.[Cl-]. The summed E-state index contributed by atoms with van der Waals surface area (Å²) < 4.78 is 11.4. The molecule has 1 unspecified atom stereocenters. The zero-order valence-electron chi connectivity index (χ0n) is 14.6. The summed E-state index contributed by atoms with van der Waals surface area (Å²) in [5.41, 5.74) is 6.76. The molecular formula is C20H28ClNO2. The smallest absolute Gasteiger partial charge is 0.161 e. The fourth-order valence-electron chi connectivity index (χ4n) is 2.73. The van der Waals surface area contributed by atoms with E-state index in [1.54, 1.807) is 7.11 Å². The van der Waals surface area contributed by atoms with Crippen molar-refractivity contribution in [2.45, 2.75) is 38.6 Å². The van der Waals surface area contributed by atoms with Gasteiger partial charge in [-0.15, -0.1) is 0 Å². The number of quaternary nitrogens is 1. The average molecular weight is 350 g/mol. The third-order valence-electron chi connectivity index (χ3n) is 3.94. The van der Waals surface area contributed by atoms with Gasteiger partial charge in [0.2, 0.25) is 0 Å². The predicted molar refractivity (Wildman–Crippen MR) is 93.9 cm³/mol. The van der Waals surface area contributed by atoms with Gasteiger partial charge in [0.25, 0.3) is 0 Å². The van der Waals surface area contributed by atoms with Crippen LogP contribution in [0.3, 0.4) is 0 Å². The Morgan fingerprint density at radius 1 is 1.00 bits per heavy atom. The van der Waals surface area contributed by atoms with E-state index in [9.17, 15) is 0 Å². The Morgan fingerprint density at radius 3 is 2.42 bits per heavy atom. The standard InChI is InChI=1S/C20H27NO2.ClH/c1-3-7-18(21)14-17-10-11-19(22-2)20(15-17)23-13-12-16-8-5-4-6-9-16;/h4-6,8-11,15,18H,3,7,12-14,21H2,1-2H3;1H. The molecule has 0 saturated carbocycles. The second-order valence-electron chi connectivity index (χ2n) is 5.93. The zero-order valence-corrected chi connectivity index (χ0v) is 15.4. The highest BCUT2D eigenvalue weighted by Crippen LogP contribution is 2.28. The van der Waals surface area contributed by atoms with Crippen molar-refractivity contribution in [1.29, 1.82) is 0 Å². The van der Waals surface area contributed by atoms with Crippen LogP contribution in [0.25, 0.3) is 0 Å². The average Bonchev–Trinajstić information content (AvgIpc) is 2.56. The van der Waals surface area contributed by atoms with E-state index in [1.165, 1.54) is 17.5 Å². The topological polar surface area (TPSA) is 46.1 Å². The molecule has 0 aliphatic rings. The van der Waals surface area contributed by atoms with Gasteiger partial charge in [0.1, 0.15) is 0 Å². The number of hydrogen-bond acceptors (Lipinski definition) is 2. The molecule has 2 aromatic carbocycles. The summed E-state index contributed by atoms with van der Waals surface area (Å²) in [6.07, 6.45) is 4.19. The molecule has 2 aromatic rings. The fourth-order valence-corrected chi connectivity index (χ4v) is 2.73. The Balaban J connectivity index is 0.00000288. The van der Waals surface area contributed by atoms with E-state index < -0.39 is 0 Å². The molecule has 1 atom stereocenters. The Labute approximate surface area is 151 Å². The first kappa shape index (κ1) is 20.3. The second kappa shape index (κ2) is 11.0. The van der Waals surface area contributed by atoms with Gasteiger partial charge < -0.3 is 27.6 Å². The van der Waals surface area contributed by atoms with Crippen molar-refractivity contribution in [3.63, 3.8) is 0 Å². The highest BCUT2D eigenvalue weighted by Gasteiger charge is 2.10. The van der Waals surface area contributed by atoms with Gasteiger partial charge in [0.15, 0.2) is 11.5 Å². The number of rotatable bonds is 9. The lowest BCUT2D eigenvalue weighted by atomic mass is 10.0. The van der Waals surface area contributed by atoms with Gasteiger partial charge in [-0.3, -0.25) is 0 Å². The van der Waals surface area contributed by atoms with Crippen molar-refractivity contribution in [1.82, 2.24) is 0 Å². The number of halogens is 1. The minimum Gasteiger partial charge on any atom is -1.00 e. The zero-order chi connectivity index (χ0) is 16.5. The van der Waals surface area contributed by atoms with Crippen molar-refractivity contribution >= 4 is 0 Å². The largest absolute Gasteiger partial charge is 1.00 e. The molecule has 2 rings (SSSR count). The molecule has 0 aromatic heterocycles. The minimum atomic E-state index is 0. The first-order valence-corrected chi connectivity index (χ1v) is 8.39. The Bertz CT molecular complexity index is 589. The highest BCUT2D eigenvalue weighted by molar-refractivity contribution is 5.43. The minimum absolute atomic E-state index is 0. The van der Waals surface area contributed by atoms with Gasteiger partial charge in [-0.25, -0.2) is 0 Å². The summed E-state index contributed by atoms with van der Waals surface area (Å²) in [7, 11) is 1.68. The van der Waals surface area contributed by atoms with Gasteiger partial charge in [-0.05, 0) is 29.7 Å². The van der Waals surface area contributed by atoms with Crippen molar-refractivity contribution in [3.05, 3.63) is 59.7 Å². The molecule has 0 aliphatic carbocycles. The van der Waals surface area contributed by atoms with Crippen LogP contribution in [0.15, 0.2) is 48.5 Å². The normalized spacial score (nSPS) is 11.5. The van der Waals surface area contributed by atoms with Crippen LogP contribution < -0.4 is 27.6 Å². The summed E-state index contributed by atoms with van der Waals surface area (Å²) in [6, 6.07) is 17.0. The number of hydrogen-bond donors (Lipinski definition) is 1. The summed E-state index contributed by atoms with van der Waals surface area (Å²) in [4.78, 5) is 0. The molecule has 0 saturated heterocycles. The molecule has 0 bridgehead atoms. The van der Waals surface area contributed by atoms with Gasteiger partial charge in [-0.2, -0.15) is 0 Å². The third-order valence-corrected chi connectivity index (χ3v) is 3.94. The van der Waals surface area contributed by atoms with E-state index >= 15 is 0 Å². The quantitative estimate of drug-likeness (QED) is 0.706. The monoisotopic (exact) mass is 349 g/mol. The summed E-state index contributed by atoms with van der Waals surface area (Å²) >= 11 is 0. The molecule has 0 radical (unpaired) electrons. The molecule has 3 N–H and O–H groups in total. The molecule has 0 aliphatic heterocycles. The van der Waals surface area contributed by atoms with E-state index in [0.717, 1.165) is 30.8 Å². The maximum absolute atomic E-state index is 5.97. The molecule has 24 heavy (non-hydrogen) atoms. The lowest BCUT2D eigenvalue weighted by Gasteiger charge is -2.13. The van der Waals surface area contributed by atoms with E-state index in [1.807, 2.05) is 12.1 Å². The maximum Gasteiger partial charge on any atom is 0.161 e. The van der Waals surface area contributed by atoms with E-state index in [0.29, 0.717) is 12.6 Å². The third kappa shape index (κ3) is 6.42. The first-order valence-electron chi connectivity index (χ1n) is 8.39. The van der Waals surface area contributed by atoms with Crippen LogP contribution in [0.5, 0.6) is 11.5 Å². The van der Waals surface area contributed by atoms with Crippen LogP contribution in [0.4, 0.5) is 0 Å².